The normalized spacial score (nSPS) is 10.3. The van der Waals surface area contributed by atoms with Gasteiger partial charge in [0.2, 0.25) is 0 Å². The van der Waals surface area contributed by atoms with Crippen molar-refractivity contribution < 1.29 is 9.53 Å². The number of carbonyl (C=O) groups excluding carboxylic acids is 1. The van der Waals surface area contributed by atoms with Gasteiger partial charge in [0.05, 0.1) is 4.47 Å². The Bertz CT molecular complexity index is 594. The maximum absolute atomic E-state index is 11.9. The molecule has 2 nitrogen and oxygen atoms in total. The van der Waals surface area contributed by atoms with Gasteiger partial charge in [0, 0.05) is 14.5 Å². The van der Waals surface area contributed by atoms with Gasteiger partial charge in [-0.3, -0.25) is 4.79 Å². The second kappa shape index (κ2) is 6.68. The third kappa shape index (κ3) is 4.16. The maximum Gasteiger partial charge on any atom is 0.200 e. The fourth-order valence-electron chi connectivity index (χ4n) is 1.45. The fraction of sp³-hybridized carbons (Fsp3) is 0.0714. The smallest absolute Gasteiger partial charge is 0.200 e. The van der Waals surface area contributed by atoms with Crippen molar-refractivity contribution in [3.8, 4) is 5.75 Å². The number of hydrogen-bond donors (Lipinski definition) is 0. The van der Waals surface area contributed by atoms with E-state index in [2.05, 4.69) is 47.8 Å². The van der Waals surface area contributed by atoms with Crippen molar-refractivity contribution in [1.82, 2.24) is 0 Å². The third-order valence-corrected chi connectivity index (χ3v) is 4.06. The summed E-state index contributed by atoms with van der Waals surface area (Å²) in [5.74, 6) is 0.594. The number of halogens is 3. The SMILES string of the molecule is O=C(COc1ccc(Br)cc1Br)c1ccc(Br)cc1. The first kappa shape index (κ1) is 14.8. The number of hydrogen-bond acceptors (Lipinski definition) is 2. The second-order valence-corrected chi connectivity index (χ2v) is 6.48. The van der Waals surface area contributed by atoms with E-state index in [4.69, 9.17) is 4.74 Å². The Morgan fingerprint density at radius 3 is 2.21 bits per heavy atom. The summed E-state index contributed by atoms with van der Waals surface area (Å²) in [5, 5.41) is 0. The molecule has 5 heteroatoms. The van der Waals surface area contributed by atoms with Crippen molar-refractivity contribution in [2.75, 3.05) is 6.61 Å². The largest absolute Gasteiger partial charge is 0.484 e. The minimum absolute atomic E-state index is 0.0157. The van der Waals surface area contributed by atoms with Crippen molar-refractivity contribution in [1.29, 1.82) is 0 Å². The topological polar surface area (TPSA) is 26.3 Å². The van der Waals surface area contributed by atoms with Crippen molar-refractivity contribution >= 4 is 53.6 Å². The third-order valence-electron chi connectivity index (χ3n) is 2.42. The van der Waals surface area contributed by atoms with E-state index in [1.54, 1.807) is 12.1 Å². The summed E-state index contributed by atoms with van der Waals surface area (Å²) in [6.07, 6.45) is 0. The molecule has 0 saturated heterocycles. The van der Waals surface area contributed by atoms with E-state index < -0.39 is 0 Å². The van der Waals surface area contributed by atoms with Crippen LogP contribution in [0.15, 0.2) is 55.9 Å². The summed E-state index contributed by atoms with van der Waals surface area (Å²) < 4.78 is 8.21. The molecule has 2 rings (SSSR count). The van der Waals surface area contributed by atoms with Crippen LogP contribution in [-0.4, -0.2) is 12.4 Å². The van der Waals surface area contributed by atoms with Gasteiger partial charge in [-0.05, 0) is 46.3 Å². The van der Waals surface area contributed by atoms with Gasteiger partial charge in [-0.2, -0.15) is 0 Å². The van der Waals surface area contributed by atoms with Crippen LogP contribution in [0.25, 0.3) is 0 Å². The van der Waals surface area contributed by atoms with Gasteiger partial charge < -0.3 is 4.74 Å². The van der Waals surface area contributed by atoms with Crippen molar-refractivity contribution in [2.24, 2.45) is 0 Å². The number of carbonyl (C=O) groups is 1. The lowest BCUT2D eigenvalue weighted by molar-refractivity contribution is 0.0921. The molecule has 19 heavy (non-hydrogen) atoms. The minimum Gasteiger partial charge on any atom is -0.484 e. The first-order chi connectivity index (χ1) is 9.06. The average molecular weight is 449 g/mol. The molecule has 98 valence electrons. The van der Waals surface area contributed by atoms with Crippen LogP contribution in [0.4, 0.5) is 0 Å². The summed E-state index contributed by atoms with van der Waals surface area (Å²) >= 11 is 10.1. The Labute approximate surface area is 136 Å². The Morgan fingerprint density at radius 1 is 0.947 bits per heavy atom. The van der Waals surface area contributed by atoms with E-state index in [1.165, 1.54) is 0 Å². The summed E-state index contributed by atoms with van der Waals surface area (Å²) in [6.45, 7) is 0.0157. The Morgan fingerprint density at radius 2 is 1.58 bits per heavy atom. The van der Waals surface area contributed by atoms with Gasteiger partial charge in [-0.15, -0.1) is 0 Å². The molecule has 0 N–H and O–H groups in total. The van der Waals surface area contributed by atoms with E-state index in [1.807, 2.05) is 30.3 Å². The molecule has 0 amide bonds. The molecule has 0 aliphatic heterocycles. The highest BCUT2D eigenvalue weighted by Gasteiger charge is 2.08. The average Bonchev–Trinajstić information content (AvgIpc) is 2.38. The fourth-order valence-corrected chi connectivity index (χ4v) is 2.88. The van der Waals surface area contributed by atoms with Crippen LogP contribution in [0.1, 0.15) is 10.4 Å². The molecule has 0 bridgehead atoms. The Hall–Kier alpha value is -0.650. The molecule has 0 aliphatic carbocycles. The summed E-state index contributed by atoms with van der Waals surface area (Å²) in [6, 6.07) is 12.8. The highest BCUT2D eigenvalue weighted by atomic mass is 79.9. The monoisotopic (exact) mass is 446 g/mol. The first-order valence-corrected chi connectivity index (χ1v) is 7.81. The zero-order valence-electron chi connectivity index (χ0n) is 9.70. The highest BCUT2D eigenvalue weighted by molar-refractivity contribution is 9.11. The molecular weight excluding hydrogens is 440 g/mol. The number of benzene rings is 2. The predicted octanol–water partition coefficient (Wildman–Crippen LogP) is 5.24. The molecule has 0 heterocycles. The molecule has 0 unspecified atom stereocenters. The number of ketones is 1. The molecule has 0 radical (unpaired) electrons. The predicted molar refractivity (Wildman–Crippen MR) is 85.8 cm³/mol. The lowest BCUT2D eigenvalue weighted by Crippen LogP contribution is -2.11. The van der Waals surface area contributed by atoms with Crippen LogP contribution in [0.2, 0.25) is 0 Å². The van der Waals surface area contributed by atoms with Gasteiger partial charge in [-0.1, -0.05) is 44.0 Å². The lowest BCUT2D eigenvalue weighted by Gasteiger charge is -2.08. The molecule has 0 spiro atoms. The van der Waals surface area contributed by atoms with Gasteiger partial charge in [-0.25, -0.2) is 0 Å². The van der Waals surface area contributed by atoms with Gasteiger partial charge in [0.1, 0.15) is 5.75 Å². The zero-order chi connectivity index (χ0) is 13.8. The minimum atomic E-state index is -0.0534. The zero-order valence-corrected chi connectivity index (χ0v) is 14.5. The van der Waals surface area contributed by atoms with E-state index in [-0.39, 0.29) is 12.4 Å². The molecule has 0 aliphatic rings. The van der Waals surface area contributed by atoms with Crippen LogP contribution in [-0.2, 0) is 0 Å². The standard InChI is InChI=1S/C14H9Br3O2/c15-10-3-1-9(2-4-10)13(18)8-19-14-6-5-11(16)7-12(14)17/h1-7H,8H2. The van der Waals surface area contributed by atoms with Gasteiger partial charge in [0.15, 0.2) is 12.4 Å². The second-order valence-electron chi connectivity index (χ2n) is 3.79. The first-order valence-electron chi connectivity index (χ1n) is 5.43. The summed E-state index contributed by atoms with van der Waals surface area (Å²) in [7, 11) is 0. The Kier molecular flexibility index (Phi) is 5.19. The van der Waals surface area contributed by atoms with E-state index in [0.717, 1.165) is 13.4 Å². The summed E-state index contributed by atoms with van der Waals surface area (Å²) in [4.78, 5) is 11.9. The van der Waals surface area contributed by atoms with Crippen LogP contribution in [0, 0.1) is 0 Å². The van der Waals surface area contributed by atoms with Crippen LogP contribution in [0.5, 0.6) is 5.75 Å². The quantitative estimate of drug-likeness (QED) is 0.598. The van der Waals surface area contributed by atoms with Gasteiger partial charge in [0.25, 0.3) is 0 Å². The van der Waals surface area contributed by atoms with Crippen LogP contribution in [0.3, 0.4) is 0 Å². The molecule has 0 atom stereocenters. The number of rotatable bonds is 4. The lowest BCUT2D eigenvalue weighted by atomic mass is 10.1. The Balaban J connectivity index is 2.02. The number of Topliss-reactive ketones (excluding diaryl/α,β-unsaturated/α-hetero) is 1. The van der Waals surface area contributed by atoms with E-state index >= 15 is 0 Å². The molecule has 0 aromatic heterocycles. The molecule has 2 aromatic carbocycles. The van der Waals surface area contributed by atoms with Crippen molar-refractivity contribution in [3.63, 3.8) is 0 Å². The maximum atomic E-state index is 11.9. The van der Waals surface area contributed by atoms with Crippen molar-refractivity contribution in [3.05, 3.63) is 61.4 Å². The van der Waals surface area contributed by atoms with Crippen LogP contribution < -0.4 is 4.74 Å². The van der Waals surface area contributed by atoms with Crippen LogP contribution >= 0.6 is 47.8 Å². The van der Waals surface area contributed by atoms with Gasteiger partial charge >= 0.3 is 0 Å². The molecular formula is C14H9Br3O2. The molecule has 0 fully saturated rings. The number of ether oxygens (including phenoxy) is 1. The molecule has 0 saturated carbocycles. The summed E-state index contributed by atoms with van der Waals surface area (Å²) in [5.41, 5.74) is 0.636. The van der Waals surface area contributed by atoms with E-state index in [9.17, 15) is 4.79 Å². The van der Waals surface area contributed by atoms with Crippen molar-refractivity contribution in [2.45, 2.75) is 0 Å². The molecule has 2 aromatic rings. The van der Waals surface area contributed by atoms with E-state index in [0.29, 0.717) is 11.3 Å². The highest BCUT2D eigenvalue weighted by Crippen LogP contribution is 2.28.